The predicted octanol–water partition coefficient (Wildman–Crippen LogP) is 8.68. The predicted molar refractivity (Wildman–Crippen MR) is 190 cm³/mol. The first-order valence-corrected chi connectivity index (χ1v) is 18.8. The first-order valence-electron chi connectivity index (χ1n) is 18.8. The summed E-state index contributed by atoms with van der Waals surface area (Å²) in [5.41, 5.74) is 4.25. The molecule has 51 heavy (non-hydrogen) atoms. The lowest BCUT2D eigenvalue weighted by atomic mass is 9.90. The number of rotatable bonds is 10. The molecule has 0 N–H and O–H groups in total. The molecule has 3 aromatic rings. The van der Waals surface area contributed by atoms with Gasteiger partial charge in [-0.25, -0.2) is 0 Å². The van der Waals surface area contributed by atoms with Crippen molar-refractivity contribution >= 4 is 17.2 Å². The van der Waals surface area contributed by atoms with Crippen LogP contribution >= 0.6 is 0 Å². The van der Waals surface area contributed by atoms with Gasteiger partial charge in [0.15, 0.2) is 42.4 Å². The summed E-state index contributed by atoms with van der Waals surface area (Å²) in [6, 6.07) is 17.3. The van der Waals surface area contributed by atoms with E-state index in [0.29, 0.717) is 66.4 Å². The Balaban J connectivity index is 1.18. The molecule has 270 valence electrons. The summed E-state index contributed by atoms with van der Waals surface area (Å²) < 4.78 is 49.4. The average Bonchev–Trinajstić information content (AvgIpc) is 3.17. The Morgan fingerprint density at radius 1 is 0.549 bits per heavy atom. The van der Waals surface area contributed by atoms with E-state index in [4.69, 9.17) is 42.9 Å². The summed E-state index contributed by atoms with van der Waals surface area (Å²) in [6.45, 7) is 2.67. The maximum absolute atomic E-state index is 13.7. The summed E-state index contributed by atoms with van der Waals surface area (Å²) in [6.07, 6.45) is 10.3. The Labute approximate surface area is 299 Å². The lowest BCUT2D eigenvalue weighted by Gasteiger charge is -2.28. The SMILES string of the molecule is O=C1CC(c2cccc(OC3CCCCO3)c2-c2ccc(OC3CCCCO3)c(OC3CCCCO3)c2)=Nc2cc(OC3CCCCO3)ccc21. The molecule has 4 atom stereocenters. The van der Waals surface area contributed by atoms with Gasteiger partial charge in [0, 0.05) is 48.4 Å². The second kappa shape index (κ2) is 16.2. The topological polar surface area (TPSA) is 103 Å². The highest BCUT2D eigenvalue weighted by atomic mass is 16.7. The number of nitrogens with zero attached hydrogens (tertiary/aromatic N) is 1. The van der Waals surface area contributed by atoms with E-state index >= 15 is 0 Å². The lowest BCUT2D eigenvalue weighted by molar-refractivity contribution is -0.118. The number of aliphatic imine (C=N–C) groups is 1. The van der Waals surface area contributed by atoms with Crippen LogP contribution in [0.3, 0.4) is 0 Å². The van der Waals surface area contributed by atoms with Gasteiger partial charge in [0.25, 0.3) is 0 Å². The first-order chi connectivity index (χ1) is 25.2. The van der Waals surface area contributed by atoms with E-state index in [0.717, 1.165) is 93.7 Å². The minimum Gasteiger partial charge on any atom is -0.465 e. The van der Waals surface area contributed by atoms with Crippen molar-refractivity contribution in [3.63, 3.8) is 0 Å². The van der Waals surface area contributed by atoms with Crippen molar-refractivity contribution in [1.29, 1.82) is 0 Å². The molecule has 0 bridgehead atoms. The summed E-state index contributed by atoms with van der Waals surface area (Å²) in [4.78, 5) is 18.8. The third-order valence-electron chi connectivity index (χ3n) is 10.0. The quantitative estimate of drug-likeness (QED) is 0.206. The average molecular weight is 698 g/mol. The molecule has 5 aliphatic heterocycles. The van der Waals surface area contributed by atoms with Gasteiger partial charge in [0.2, 0.25) is 0 Å². The number of hydrogen-bond donors (Lipinski definition) is 0. The van der Waals surface area contributed by atoms with Gasteiger partial charge in [-0.05, 0) is 87.3 Å². The van der Waals surface area contributed by atoms with Crippen LogP contribution in [0.2, 0.25) is 0 Å². The molecule has 10 heteroatoms. The van der Waals surface area contributed by atoms with Crippen molar-refractivity contribution < 1.29 is 42.7 Å². The van der Waals surface area contributed by atoms with Gasteiger partial charge in [-0.15, -0.1) is 0 Å². The minimum absolute atomic E-state index is 0.00180. The fourth-order valence-corrected chi connectivity index (χ4v) is 7.31. The van der Waals surface area contributed by atoms with E-state index in [9.17, 15) is 4.79 Å². The number of carbonyl (C=O) groups excluding carboxylic acids is 1. The maximum Gasteiger partial charge on any atom is 0.200 e. The summed E-state index contributed by atoms with van der Waals surface area (Å²) in [5, 5.41) is 0. The van der Waals surface area contributed by atoms with Crippen molar-refractivity contribution in [2.75, 3.05) is 26.4 Å². The van der Waals surface area contributed by atoms with Gasteiger partial charge in [0.1, 0.15) is 11.5 Å². The van der Waals surface area contributed by atoms with Gasteiger partial charge < -0.3 is 37.9 Å². The Bertz CT molecular complexity index is 1700. The monoisotopic (exact) mass is 697 g/mol. The minimum atomic E-state index is -0.377. The molecule has 4 fully saturated rings. The van der Waals surface area contributed by atoms with Gasteiger partial charge in [-0.2, -0.15) is 0 Å². The number of ketones is 1. The van der Waals surface area contributed by atoms with Crippen LogP contribution in [-0.2, 0) is 18.9 Å². The van der Waals surface area contributed by atoms with Crippen LogP contribution in [0.1, 0.15) is 99.4 Å². The van der Waals surface area contributed by atoms with E-state index in [2.05, 4.69) is 0 Å². The number of Topliss-reactive ketones (excluding diaryl/α,β-unsaturated/α-hetero) is 1. The van der Waals surface area contributed by atoms with Crippen molar-refractivity contribution in [2.45, 2.75) is 109 Å². The number of ether oxygens (including phenoxy) is 8. The third-order valence-corrected chi connectivity index (χ3v) is 10.0. The zero-order valence-electron chi connectivity index (χ0n) is 29.1. The molecule has 0 aromatic heterocycles. The second-order valence-electron chi connectivity index (χ2n) is 13.8. The van der Waals surface area contributed by atoms with Crippen molar-refractivity contribution in [1.82, 2.24) is 0 Å². The molecule has 0 spiro atoms. The first kappa shape index (κ1) is 34.1. The third kappa shape index (κ3) is 8.25. The van der Waals surface area contributed by atoms with Gasteiger partial charge >= 0.3 is 0 Å². The van der Waals surface area contributed by atoms with E-state index in [1.165, 1.54) is 0 Å². The molecule has 3 aromatic carbocycles. The molecule has 4 saturated heterocycles. The molecule has 5 aliphatic rings. The molecule has 0 radical (unpaired) electrons. The summed E-state index contributed by atoms with van der Waals surface area (Å²) in [7, 11) is 0. The number of fused-ring (bicyclic) bond motifs is 1. The van der Waals surface area contributed by atoms with Crippen LogP contribution in [0.5, 0.6) is 23.0 Å². The van der Waals surface area contributed by atoms with Crippen molar-refractivity contribution in [3.05, 3.63) is 65.7 Å². The Morgan fingerprint density at radius 2 is 1.14 bits per heavy atom. The fraction of sp³-hybridized carbons (Fsp3) is 0.512. The highest BCUT2D eigenvalue weighted by Crippen LogP contribution is 2.43. The van der Waals surface area contributed by atoms with Gasteiger partial charge in [0.05, 0.1) is 44.2 Å². The number of benzene rings is 3. The molecule has 4 unspecified atom stereocenters. The molecule has 5 heterocycles. The van der Waals surface area contributed by atoms with Crippen LogP contribution in [0.4, 0.5) is 5.69 Å². The van der Waals surface area contributed by atoms with E-state index in [1.807, 2.05) is 54.6 Å². The van der Waals surface area contributed by atoms with Crippen LogP contribution in [0, 0.1) is 0 Å². The second-order valence-corrected chi connectivity index (χ2v) is 13.8. The summed E-state index contributed by atoms with van der Waals surface area (Å²) in [5.74, 6) is 2.45. The zero-order chi connectivity index (χ0) is 34.4. The molecular formula is C41H47NO9. The summed E-state index contributed by atoms with van der Waals surface area (Å²) >= 11 is 0. The highest BCUT2D eigenvalue weighted by Gasteiger charge is 2.28. The van der Waals surface area contributed by atoms with E-state index < -0.39 is 0 Å². The van der Waals surface area contributed by atoms with E-state index in [-0.39, 0.29) is 37.4 Å². The van der Waals surface area contributed by atoms with Crippen molar-refractivity contribution in [2.24, 2.45) is 4.99 Å². The molecular weight excluding hydrogens is 650 g/mol. The fourth-order valence-electron chi connectivity index (χ4n) is 7.31. The van der Waals surface area contributed by atoms with E-state index in [1.54, 1.807) is 0 Å². The van der Waals surface area contributed by atoms with Crippen LogP contribution in [0.15, 0.2) is 59.6 Å². The van der Waals surface area contributed by atoms with Crippen LogP contribution < -0.4 is 18.9 Å². The standard InChI is InChI=1S/C41H47NO9/c43-33-26-32(42-31-25-28(17-18-29(31)33)48-37-12-1-5-20-44-37)30-10-9-11-35(50-39-14-3-7-22-46-39)41(30)27-16-19-34(49-38-13-2-6-21-45-38)36(24-27)51-40-15-4-8-23-47-40/h9-11,16-19,24-25,37-40H,1-8,12-15,20-23,26H2. The zero-order valence-corrected chi connectivity index (χ0v) is 29.1. The molecule has 10 nitrogen and oxygen atoms in total. The Kier molecular flexibility index (Phi) is 10.8. The molecule has 8 rings (SSSR count). The largest absolute Gasteiger partial charge is 0.465 e. The van der Waals surface area contributed by atoms with Gasteiger partial charge in [-0.3, -0.25) is 9.79 Å². The smallest absolute Gasteiger partial charge is 0.200 e. The normalized spacial score (nSPS) is 25.3. The van der Waals surface area contributed by atoms with Crippen LogP contribution in [0.25, 0.3) is 11.1 Å². The maximum atomic E-state index is 13.7. The van der Waals surface area contributed by atoms with Gasteiger partial charge in [-0.1, -0.05) is 18.2 Å². The number of hydrogen-bond acceptors (Lipinski definition) is 10. The molecule has 0 amide bonds. The Morgan fingerprint density at radius 3 is 1.75 bits per heavy atom. The van der Waals surface area contributed by atoms with Crippen LogP contribution in [-0.4, -0.2) is 63.1 Å². The molecule has 0 saturated carbocycles. The lowest BCUT2D eigenvalue weighted by Crippen LogP contribution is -2.27. The molecule has 0 aliphatic carbocycles. The Hall–Kier alpha value is -3.96. The van der Waals surface area contributed by atoms with Crippen molar-refractivity contribution in [3.8, 4) is 34.1 Å². The number of carbonyl (C=O) groups is 1. The highest BCUT2D eigenvalue weighted by molar-refractivity contribution is 6.23.